The fraction of sp³-hybridized carbons (Fsp3) is 0.409. The lowest BCUT2D eigenvalue weighted by atomic mass is 9.98. The van der Waals surface area contributed by atoms with Gasteiger partial charge in [-0.2, -0.15) is 4.31 Å². The number of amides is 1. The minimum atomic E-state index is -3.75. The van der Waals surface area contributed by atoms with Gasteiger partial charge in [-0.1, -0.05) is 30.3 Å². The second kappa shape index (κ2) is 9.49. The number of sulfonamides is 1. The Morgan fingerprint density at radius 1 is 1.10 bits per heavy atom. The van der Waals surface area contributed by atoms with E-state index < -0.39 is 10.0 Å². The lowest BCUT2D eigenvalue weighted by Gasteiger charge is -2.32. The van der Waals surface area contributed by atoms with E-state index in [4.69, 9.17) is 9.47 Å². The van der Waals surface area contributed by atoms with Gasteiger partial charge in [0.25, 0.3) is 0 Å². The zero-order valence-electron chi connectivity index (χ0n) is 17.5. The normalized spacial score (nSPS) is 18.4. The van der Waals surface area contributed by atoms with Gasteiger partial charge in [0.1, 0.15) is 0 Å². The van der Waals surface area contributed by atoms with Crippen molar-refractivity contribution >= 4 is 15.9 Å². The Bertz CT molecular complexity index is 978. The Morgan fingerprint density at radius 3 is 2.47 bits per heavy atom. The molecule has 2 aromatic carbocycles. The molecule has 0 saturated carbocycles. The molecule has 2 atom stereocenters. The standard InChI is InChI=1S/C22H28N2O5S/c1-16(17-8-5-4-6-9-17)23-22(25)18-10-7-13-24(15-18)30(26,27)19-11-12-20(28-2)21(14-19)29-3/h4-6,8-9,11-12,14,16,18H,7,10,13,15H2,1-3H3,(H,23,25)/t16-,18-/m0/s1. The highest BCUT2D eigenvalue weighted by Gasteiger charge is 2.34. The van der Waals surface area contributed by atoms with Gasteiger partial charge in [0.05, 0.1) is 31.1 Å². The van der Waals surface area contributed by atoms with E-state index in [0.29, 0.717) is 30.9 Å². The topological polar surface area (TPSA) is 84.9 Å². The Kier molecular flexibility index (Phi) is 6.99. The van der Waals surface area contributed by atoms with Gasteiger partial charge in [-0.05, 0) is 37.5 Å². The molecule has 1 fully saturated rings. The van der Waals surface area contributed by atoms with E-state index in [-0.39, 0.29) is 29.3 Å². The molecule has 1 aliphatic heterocycles. The molecular weight excluding hydrogens is 404 g/mol. The quantitative estimate of drug-likeness (QED) is 0.727. The molecule has 0 aliphatic carbocycles. The Morgan fingerprint density at radius 2 is 1.80 bits per heavy atom. The number of ether oxygens (including phenoxy) is 2. The van der Waals surface area contributed by atoms with E-state index in [2.05, 4.69) is 5.32 Å². The van der Waals surface area contributed by atoms with Crippen LogP contribution in [0.3, 0.4) is 0 Å². The van der Waals surface area contributed by atoms with Crippen LogP contribution < -0.4 is 14.8 Å². The molecule has 0 radical (unpaired) electrons. The van der Waals surface area contributed by atoms with Crippen LogP contribution in [-0.4, -0.2) is 45.9 Å². The fourth-order valence-electron chi connectivity index (χ4n) is 3.66. The summed E-state index contributed by atoms with van der Waals surface area (Å²) in [6.45, 7) is 2.47. The van der Waals surface area contributed by atoms with Crippen molar-refractivity contribution in [2.75, 3.05) is 27.3 Å². The molecule has 1 saturated heterocycles. The molecule has 0 unspecified atom stereocenters. The van der Waals surface area contributed by atoms with Crippen molar-refractivity contribution in [3.63, 3.8) is 0 Å². The van der Waals surface area contributed by atoms with Crippen LogP contribution in [0.2, 0.25) is 0 Å². The maximum absolute atomic E-state index is 13.2. The molecule has 7 nitrogen and oxygen atoms in total. The third-order valence-electron chi connectivity index (χ3n) is 5.41. The number of carbonyl (C=O) groups is 1. The lowest BCUT2D eigenvalue weighted by molar-refractivity contribution is -0.126. The Labute approximate surface area is 178 Å². The highest BCUT2D eigenvalue weighted by Crippen LogP contribution is 2.32. The van der Waals surface area contributed by atoms with Crippen LogP contribution in [0.1, 0.15) is 31.4 Å². The second-order valence-electron chi connectivity index (χ2n) is 7.36. The Hall–Kier alpha value is -2.58. The van der Waals surface area contributed by atoms with Crippen molar-refractivity contribution in [3.05, 3.63) is 54.1 Å². The van der Waals surface area contributed by atoms with E-state index >= 15 is 0 Å². The number of benzene rings is 2. The van der Waals surface area contributed by atoms with Crippen LogP contribution in [0.15, 0.2) is 53.4 Å². The maximum atomic E-state index is 13.2. The van der Waals surface area contributed by atoms with Crippen molar-refractivity contribution in [3.8, 4) is 11.5 Å². The predicted molar refractivity (Wildman–Crippen MR) is 114 cm³/mol. The number of hydrogen-bond donors (Lipinski definition) is 1. The summed E-state index contributed by atoms with van der Waals surface area (Å²) in [5, 5.41) is 3.01. The average Bonchev–Trinajstić information content (AvgIpc) is 2.79. The zero-order chi connectivity index (χ0) is 21.7. The maximum Gasteiger partial charge on any atom is 0.243 e. The van der Waals surface area contributed by atoms with Crippen molar-refractivity contribution in [1.29, 1.82) is 0 Å². The first-order chi connectivity index (χ1) is 14.4. The highest BCUT2D eigenvalue weighted by molar-refractivity contribution is 7.89. The molecule has 0 spiro atoms. The summed E-state index contributed by atoms with van der Waals surface area (Å²) in [7, 11) is -0.791. The van der Waals surface area contributed by atoms with Crippen LogP contribution >= 0.6 is 0 Å². The summed E-state index contributed by atoms with van der Waals surface area (Å²) in [4.78, 5) is 12.9. The van der Waals surface area contributed by atoms with Gasteiger partial charge in [0.15, 0.2) is 11.5 Å². The summed E-state index contributed by atoms with van der Waals surface area (Å²) in [6, 6.07) is 14.1. The number of methoxy groups -OCH3 is 2. The third kappa shape index (κ3) is 4.76. The molecule has 3 rings (SSSR count). The summed E-state index contributed by atoms with van der Waals surface area (Å²) < 4.78 is 38.1. The van der Waals surface area contributed by atoms with Crippen molar-refractivity contribution in [2.24, 2.45) is 5.92 Å². The van der Waals surface area contributed by atoms with Gasteiger partial charge in [-0.15, -0.1) is 0 Å². The summed E-state index contributed by atoms with van der Waals surface area (Å²) in [5.74, 6) is 0.294. The van der Waals surface area contributed by atoms with Gasteiger partial charge < -0.3 is 14.8 Å². The first-order valence-corrected chi connectivity index (χ1v) is 11.4. The molecular formula is C22H28N2O5S. The third-order valence-corrected chi connectivity index (χ3v) is 7.27. The average molecular weight is 433 g/mol. The van der Waals surface area contributed by atoms with E-state index in [0.717, 1.165) is 5.56 Å². The SMILES string of the molecule is COc1ccc(S(=O)(=O)N2CCC[C@H](C(=O)N[C@@H](C)c3ccccc3)C2)cc1OC. The van der Waals surface area contributed by atoms with E-state index in [1.165, 1.54) is 30.7 Å². The van der Waals surface area contributed by atoms with Crippen molar-refractivity contribution in [2.45, 2.75) is 30.7 Å². The van der Waals surface area contributed by atoms with Gasteiger partial charge >= 0.3 is 0 Å². The number of rotatable bonds is 7. The molecule has 1 amide bonds. The molecule has 1 N–H and O–H groups in total. The molecule has 8 heteroatoms. The van der Waals surface area contributed by atoms with E-state index in [9.17, 15) is 13.2 Å². The van der Waals surface area contributed by atoms with Gasteiger partial charge in [-0.3, -0.25) is 4.79 Å². The molecule has 0 aromatic heterocycles. The monoisotopic (exact) mass is 432 g/mol. The molecule has 30 heavy (non-hydrogen) atoms. The predicted octanol–water partition coefficient (Wildman–Crippen LogP) is 2.98. The van der Waals surface area contributed by atoms with Crippen LogP contribution in [-0.2, 0) is 14.8 Å². The van der Waals surface area contributed by atoms with Crippen LogP contribution in [0, 0.1) is 5.92 Å². The van der Waals surface area contributed by atoms with Crippen LogP contribution in [0.4, 0.5) is 0 Å². The number of nitrogens with zero attached hydrogens (tertiary/aromatic N) is 1. The summed E-state index contributed by atoms with van der Waals surface area (Å²) in [5.41, 5.74) is 1.01. The Balaban J connectivity index is 1.72. The first kappa shape index (κ1) is 22.1. The van der Waals surface area contributed by atoms with E-state index in [1.54, 1.807) is 6.07 Å². The number of carbonyl (C=O) groups excluding carboxylic acids is 1. The molecule has 1 aliphatic rings. The minimum Gasteiger partial charge on any atom is -0.493 e. The number of nitrogens with one attached hydrogen (secondary N) is 1. The summed E-state index contributed by atoms with van der Waals surface area (Å²) in [6.07, 6.45) is 1.29. The lowest BCUT2D eigenvalue weighted by Crippen LogP contribution is -2.45. The van der Waals surface area contributed by atoms with Crippen molar-refractivity contribution < 1.29 is 22.7 Å². The first-order valence-electron chi connectivity index (χ1n) is 9.94. The zero-order valence-corrected chi connectivity index (χ0v) is 18.3. The minimum absolute atomic E-state index is 0.124. The van der Waals surface area contributed by atoms with Gasteiger partial charge in [0, 0.05) is 19.2 Å². The molecule has 2 aromatic rings. The van der Waals surface area contributed by atoms with Crippen LogP contribution in [0.25, 0.3) is 0 Å². The van der Waals surface area contributed by atoms with Crippen molar-refractivity contribution in [1.82, 2.24) is 9.62 Å². The number of hydrogen-bond acceptors (Lipinski definition) is 5. The smallest absolute Gasteiger partial charge is 0.243 e. The molecule has 1 heterocycles. The molecule has 162 valence electrons. The summed E-state index contributed by atoms with van der Waals surface area (Å²) >= 11 is 0. The molecule has 0 bridgehead atoms. The van der Waals surface area contributed by atoms with Gasteiger partial charge in [-0.25, -0.2) is 8.42 Å². The number of piperidine rings is 1. The van der Waals surface area contributed by atoms with E-state index in [1.807, 2.05) is 37.3 Å². The largest absolute Gasteiger partial charge is 0.493 e. The van der Waals surface area contributed by atoms with Gasteiger partial charge in [0.2, 0.25) is 15.9 Å². The second-order valence-corrected chi connectivity index (χ2v) is 9.30. The highest BCUT2D eigenvalue weighted by atomic mass is 32.2. The fourth-order valence-corrected chi connectivity index (χ4v) is 5.20. The van der Waals surface area contributed by atoms with Crippen LogP contribution in [0.5, 0.6) is 11.5 Å².